The van der Waals surface area contributed by atoms with Gasteiger partial charge in [-0.2, -0.15) is 5.10 Å². The van der Waals surface area contributed by atoms with Gasteiger partial charge in [-0.05, 0) is 60.8 Å². The van der Waals surface area contributed by atoms with Gasteiger partial charge in [0.25, 0.3) is 0 Å². The number of ether oxygens (including phenoxy) is 1. The quantitative estimate of drug-likeness (QED) is 0.846. The van der Waals surface area contributed by atoms with Crippen LogP contribution in [0, 0.1) is 0 Å². The number of aromatic nitrogens is 3. The van der Waals surface area contributed by atoms with Crippen LogP contribution in [0.15, 0.2) is 16.9 Å². The summed E-state index contributed by atoms with van der Waals surface area (Å²) < 4.78 is 8.16. The molecule has 0 radical (unpaired) electrons. The van der Waals surface area contributed by atoms with Gasteiger partial charge in [0, 0.05) is 23.3 Å². The van der Waals surface area contributed by atoms with Crippen molar-refractivity contribution < 1.29 is 4.74 Å². The third-order valence-electron chi connectivity index (χ3n) is 4.35. The van der Waals surface area contributed by atoms with E-state index in [0.29, 0.717) is 11.9 Å². The Morgan fingerprint density at radius 2 is 2.36 bits per heavy atom. The summed E-state index contributed by atoms with van der Waals surface area (Å²) in [6.07, 6.45) is 6.10. The number of hydrogen-bond acceptors (Lipinski definition) is 5. The Morgan fingerprint density at radius 1 is 1.50 bits per heavy atom. The monoisotopic (exact) mass is 367 g/mol. The Kier molecular flexibility index (Phi) is 4.95. The minimum absolute atomic E-state index is 0.507. The number of aryl methyl sites for hydroxylation is 1. The molecule has 0 aromatic carbocycles. The van der Waals surface area contributed by atoms with Gasteiger partial charge in [-0.25, -0.2) is 9.50 Å². The molecule has 0 saturated carbocycles. The number of nitrogen functional groups attached to an aromatic ring is 1. The summed E-state index contributed by atoms with van der Waals surface area (Å²) in [6, 6.07) is 2.68. The van der Waals surface area contributed by atoms with Gasteiger partial charge in [0.1, 0.15) is 11.8 Å². The van der Waals surface area contributed by atoms with Crippen LogP contribution in [0.2, 0.25) is 0 Å². The van der Waals surface area contributed by atoms with Gasteiger partial charge in [0.05, 0.1) is 6.61 Å². The lowest BCUT2D eigenvalue weighted by Crippen LogP contribution is -2.33. The molecule has 7 heteroatoms. The van der Waals surface area contributed by atoms with Crippen molar-refractivity contribution in [2.45, 2.75) is 31.7 Å². The Balaban J connectivity index is 1.64. The highest BCUT2D eigenvalue weighted by Crippen LogP contribution is 2.26. The van der Waals surface area contributed by atoms with Crippen molar-refractivity contribution in [3.63, 3.8) is 0 Å². The first-order chi connectivity index (χ1) is 10.7. The minimum Gasteiger partial charge on any atom is -0.383 e. The van der Waals surface area contributed by atoms with Crippen LogP contribution >= 0.6 is 15.9 Å². The topological polar surface area (TPSA) is 68.7 Å². The lowest BCUT2D eigenvalue weighted by atomic mass is 10.2. The molecule has 6 nitrogen and oxygen atoms in total. The van der Waals surface area contributed by atoms with Crippen LogP contribution in [-0.4, -0.2) is 52.3 Å². The van der Waals surface area contributed by atoms with Crippen LogP contribution < -0.4 is 5.73 Å². The van der Waals surface area contributed by atoms with E-state index in [4.69, 9.17) is 10.5 Å². The molecule has 0 spiro atoms. The van der Waals surface area contributed by atoms with Gasteiger partial charge in [-0.1, -0.05) is 0 Å². The van der Waals surface area contributed by atoms with Crippen LogP contribution in [0.25, 0.3) is 5.52 Å². The number of halogens is 1. The number of anilines is 1. The lowest BCUT2D eigenvalue weighted by molar-refractivity contribution is 0.115. The highest BCUT2D eigenvalue weighted by Gasteiger charge is 2.23. The Hall–Kier alpha value is -1.18. The van der Waals surface area contributed by atoms with E-state index in [-0.39, 0.29) is 0 Å². The number of likely N-dealkylation sites (tertiary alicyclic amines) is 1. The number of hydrogen-bond donors (Lipinski definition) is 1. The van der Waals surface area contributed by atoms with Gasteiger partial charge in [-0.15, -0.1) is 0 Å². The first kappa shape index (κ1) is 15.7. The fourth-order valence-corrected chi connectivity index (χ4v) is 3.93. The molecule has 0 amide bonds. The summed E-state index contributed by atoms with van der Waals surface area (Å²) in [5.41, 5.74) is 7.95. The molecule has 1 aliphatic rings. The molecular formula is C15H22BrN5O. The van der Waals surface area contributed by atoms with Crippen LogP contribution in [-0.2, 0) is 11.2 Å². The SMILES string of the molecule is COCC1CCCN1CCCc1cc(Br)c2c(N)ncnn12. The zero-order chi connectivity index (χ0) is 15.5. The molecule has 0 bridgehead atoms. The first-order valence-electron chi connectivity index (χ1n) is 7.70. The van der Waals surface area contributed by atoms with Crippen molar-refractivity contribution in [1.29, 1.82) is 0 Å². The van der Waals surface area contributed by atoms with E-state index in [1.165, 1.54) is 31.4 Å². The summed E-state index contributed by atoms with van der Waals surface area (Å²) >= 11 is 3.55. The van der Waals surface area contributed by atoms with E-state index in [9.17, 15) is 0 Å². The van der Waals surface area contributed by atoms with Crippen LogP contribution in [0.4, 0.5) is 5.82 Å². The zero-order valence-electron chi connectivity index (χ0n) is 12.8. The average molecular weight is 368 g/mol. The normalized spacial score (nSPS) is 19.3. The fourth-order valence-electron chi connectivity index (χ4n) is 3.30. The molecule has 120 valence electrons. The maximum Gasteiger partial charge on any atom is 0.152 e. The molecule has 2 aromatic heterocycles. The minimum atomic E-state index is 0.507. The second-order valence-corrected chi connectivity index (χ2v) is 6.63. The summed E-state index contributed by atoms with van der Waals surface area (Å²) in [5.74, 6) is 0.507. The van der Waals surface area contributed by atoms with E-state index in [2.05, 4.69) is 37.0 Å². The molecule has 1 unspecified atom stereocenters. The van der Waals surface area contributed by atoms with Crippen molar-refractivity contribution in [2.24, 2.45) is 0 Å². The lowest BCUT2D eigenvalue weighted by Gasteiger charge is -2.23. The molecule has 1 atom stereocenters. The highest BCUT2D eigenvalue weighted by molar-refractivity contribution is 9.10. The van der Waals surface area contributed by atoms with Gasteiger partial charge in [0.2, 0.25) is 0 Å². The van der Waals surface area contributed by atoms with Gasteiger partial charge in [0.15, 0.2) is 5.82 Å². The van der Waals surface area contributed by atoms with E-state index in [1.54, 1.807) is 7.11 Å². The fraction of sp³-hybridized carbons (Fsp3) is 0.600. The second kappa shape index (κ2) is 6.93. The summed E-state index contributed by atoms with van der Waals surface area (Å²) in [6.45, 7) is 3.12. The van der Waals surface area contributed by atoms with E-state index in [0.717, 1.165) is 36.0 Å². The summed E-state index contributed by atoms with van der Waals surface area (Å²) in [4.78, 5) is 6.59. The van der Waals surface area contributed by atoms with Crippen molar-refractivity contribution in [2.75, 3.05) is 32.5 Å². The number of methoxy groups -OCH3 is 1. The number of rotatable bonds is 6. The van der Waals surface area contributed by atoms with Crippen LogP contribution in [0.3, 0.4) is 0 Å². The van der Waals surface area contributed by atoms with Crippen molar-refractivity contribution in [1.82, 2.24) is 19.5 Å². The molecule has 1 saturated heterocycles. The third-order valence-corrected chi connectivity index (χ3v) is 4.95. The molecule has 1 fully saturated rings. The predicted octanol–water partition coefficient (Wildman–Crippen LogP) is 2.12. The smallest absolute Gasteiger partial charge is 0.152 e. The van der Waals surface area contributed by atoms with E-state index < -0.39 is 0 Å². The molecule has 2 N–H and O–H groups in total. The molecule has 0 aliphatic carbocycles. The maximum absolute atomic E-state index is 5.93. The number of nitrogens with zero attached hydrogens (tertiary/aromatic N) is 4. The number of nitrogens with two attached hydrogens (primary N) is 1. The second-order valence-electron chi connectivity index (χ2n) is 5.78. The first-order valence-corrected chi connectivity index (χ1v) is 8.49. The predicted molar refractivity (Wildman–Crippen MR) is 89.9 cm³/mol. The summed E-state index contributed by atoms with van der Waals surface area (Å²) in [5, 5.41) is 4.32. The van der Waals surface area contributed by atoms with Crippen LogP contribution in [0.5, 0.6) is 0 Å². The Morgan fingerprint density at radius 3 is 3.18 bits per heavy atom. The number of fused-ring (bicyclic) bond motifs is 1. The molecule has 3 heterocycles. The Labute approximate surface area is 138 Å². The molecular weight excluding hydrogens is 346 g/mol. The highest BCUT2D eigenvalue weighted by atomic mass is 79.9. The molecule has 22 heavy (non-hydrogen) atoms. The van der Waals surface area contributed by atoms with Crippen LogP contribution in [0.1, 0.15) is 25.0 Å². The van der Waals surface area contributed by atoms with Gasteiger partial charge < -0.3 is 10.5 Å². The maximum atomic E-state index is 5.93. The van der Waals surface area contributed by atoms with Crippen molar-refractivity contribution >= 4 is 27.3 Å². The van der Waals surface area contributed by atoms with Gasteiger partial charge in [-0.3, -0.25) is 4.90 Å². The third kappa shape index (κ3) is 3.11. The zero-order valence-corrected chi connectivity index (χ0v) is 14.4. The molecule has 2 aromatic rings. The average Bonchev–Trinajstić information content (AvgIpc) is 3.06. The van der Waals surface area contributed by atoms with E-state index in [1.807, 2.05) is 4.52 Å². The van der Waals surface area contributed by atoms with Crippen molar-refractivity contribution in [3.05, 3.63) is 22.6 Å². The van der Waals surface area contributed by atoms with Crippen molar-refractivity contribution in [3.8, 4) is 0 Å². The van der Waals surface area contributed by atoms with E-state index >= 15 is 0 Å². The van der Waals surface area contributed by atoms with Gasteiger partial charge >= 0.3 is 0 Å². The molecule has 3 rings (SSSR count). The standard InChI is InChI=1S/C15H22BrN5O/c1-22-9-12-5-3-7-20(12)6-2-4-11-8-13(16)14-15(17)18-10-19-21(11)14/h8,10,12H,2-7,9H2,1H3,(H2,17,18,19). The molecule has 1 aliphatic heterocycles. The summed E-state index contributed by atoms with van der Waals surface area (Å²) in [7, 11) is 1.78. The Bertz CT molecular complexity index is 644. The largest absolute Gasteiger partial charge is 0.383 e.